The predicted molar refractivity (Wildman–Crippen MR) is 75.6 cm³/mol. The Kier molecular flexibility index (Phi) is 5.23. The zero-order valence-corrected chi connectivity index (χ0v) is 12.2. The molecule has 7 heteroatoms. The fourth-order valence-corrected chi connectivity index (χ4v) is 1.59. The number of rotatable bonds is 4. The average molecular weight is 299 g/mol. The first-order chi connectivity index (χ1) is 9.60. The number of benzene rings is 1. The third-order valence-corrected chi connectivity index (χ3v) is 2.49. The van der Waals surface area contributed by atoms with E-state index in [1.54, 1.807) is 0 Å². The molecule has 1 aromatic rings. The van der Waals surface area contributed by atoms with Gasteiger partial charge in [-0.2, -0.15) is 0 Å². The Bertz CT molecular complexity index is 531. The number of hydrogen-bond donors (Lipinski definition) is 3. The van der Waals surface area contributed by atoms with Crippen molar-refractivity contribution in [3.8, 4) is 0 Å². The summed E-state index contributed by atoms with van der Waals surface area (Å²) >= 11 is 0. The Labute approximate surface area is 121 Å². The number of nitrogens with two attached hydrogens (primary N) is 1. The largest absolute Gasteiger partial charge is 0.394 e. The minimum atomic E-state index is -0.995. The molecule has 0 saturated heterocycles. The van der Waals surface area contributed by atoms with Gasteiger partial charge >= 0.3 is 0 Å². The standard InChI is InChI=1S/C14H19F2N3O2/c1-14(2,3)19-11(20)4-5-18-13(21)8-6-9(15)12(17)10(16)7-8/h6-7H,4-5,17H2,1-3H3,(H,18,21)(H,19,20). The number of carbonyl (C=O) groups excluding carboxylic acids is 2. The Hall–Kier alpha value is -2.18. The van der Waals surface area contributed by atoms with E-state index in [4.69, 9.17) is 5.73 Å². The van der Waals surface area contributed by atoms with Crippen LogP contribution >= 0.6 is 0 Å². The van der Waals surface area contributed by atoms with Gasteiger partial charge in [-0.15, -0.1) is 0 Å². The summed E-state index contributed by atoms with van der Waals surface area (Å²) in [4.78, 5) is 23.2. The van der Waals surface area contributed by atoms with Crippen LogP contribution in [0.3, 0.4) is 0 Å². The highest BCUT2D eigenvalue weighted by molar-refractivity contribution is 5.94. The van der Waals surface area contributed by atoms with Gasteiger partial charge in [-0.3, -0.25) is 9.59 Å². The van der Waals surface area contributed by atoms with Crippen molar-refractivity contribution in [1.29, 1.82) is 0 Å². The lowest BCUT2D eigenvalue weighted by Gasteiger charge is -2.20. The van der Waals surface area contributed by atoms with Crippen molar-refractivity contribution in [3.05, 3.63) is 29.3 Å². The topological polar surface area (TPSA) is 84.2 Å². The minimum Gasteiger partial charge on any atom is -0.394 e. The van der Waals surface area contributed by atoms with Gasteiger partial charge in [0.05, 0.1) is 0 Å². The van der Waals surface area contributed by atoms with Gasteiger partial charge in [-0.05, 0) is 32.9 Å². The first kappa shape index (κ1) is 16.9. The van der Waals surface area contributed by atoms with Crippen LogP contribution in [0.15, 0.2) is 12.1 Å². The lowest BCUT2D eigenvalue weighted by atomic mass is 10.1. The SMILES string of the molecule is CC(C)(C)NC(=O)CCNC(=O)c1cc(F)c(N)c(F)c1. The molecule has 0 fully saturated rings. The monoisotopic (exact) mass is 299 g/mol. The van der Waals surface area contributed by atoms with E-state index in [0.29, 0.717) is 0 Å². The van der Waals surface area contributed by atoms with Crippen molar-refractivity contribution >= 4 is 17.5 Å². The van der Waals surface area contributed by atoms with Gasteiger partial charge < -0.3 is 16.4 Å². The Morgan fingerprint density at radius 3 is 2.19 bits per heavy atom. The third-order valence-electron chi connectivity index (χ3n) is 2.49. The molecule has 0 aliphatic carbocycles. The second kappa shape index (κ2) is 6.51. The number of anilines is 1. The summed E-state index contributed by atoms with van der Waals surface area (Å²) in [5.74, 6) is -2.88. The number of hydrogen-bond acceptors (Lipinski definition) is 3. The molecule has 2 amide bonds. The first-order valence-electron chi connectivity index (χ1n) is 6.44. The average Bonchev–Trinajstić information content (AvgIpc) is 2.32. The van der Waals surface area contributed by atoms with Crippen LogP contribution in [-0.2, 0) is 4.79 Å². The fourth-order valence-electron chi connectivity index (χ4n) is 1.59. The van der Waals surface area contributed by atoms with Crippen LogP contribution in [0.5, 0.6) is 0 Å². The third kappa shape index (κ3) is 5.37. The molecule has 0 aliphatic heterocycles. The van der Waals surface area contributed by atoms with Crippen molar-refractivity contribution in [2.24, 2.45) is 0 Å². The summed E-state index contributed by atoms with van der Waals surface area (Å²) < 4.78 is 26.5. The smallest absolute Gasteiger partial charge is 0.251 e. The summed E-state index contributed by atoms with van der Waals surface area (Å²) in [6.07, 6.45) is 0.0724. The molecule has 0 radical (unpaired) electrons. The molecule has 116 valence electrons. The lowest BCUT2D eigenvalue weighted by Crippen LogP contribution is -2.42. The lowest BCUT2D eigenvalue weighted by molar-refractivity contribution is -0.122. The van der Waals surface area contributed by atoms with Crippen molar-refractivity contribution in [1.82, 2.24) is 10.6 Å². The van der Waals surface area contributed by atoms with E-state index >= 15 is 0 Å². The van der Waals surface area contributed by atoms with Crippen LogP contribution in [0, 0.1) is 11.6 Å². The van der Waals surface area contributed by atoms with Crippen molar-refractivity contribution in [2.45, 2.75) is 32.7 Å². The van der Waals surface area contributed by atoms with Gasteiger partial charge in [0.15, 0.2) is 0 Å². The fraction of sp³-hybridized carbons (Fsp3) is 0.429. The van der Waals surface area contributed by atoms with Crippen molar-refractivity contribution < 1.29 is 18.4 Å². The molecule has 0 spiro atoms. The molecule has 1 rings (SSSR count). The van der Waals surface area contributed by atoms with E-state index in [1.807, 2.05) is 20.8 Å². The van der Waals surface area contributed by atoms with Gasteiger partial charge in [-0.1, -0.05) is 0 Å². The number of carbonyl (C=O) groups is 2. The molecule has 1 aromatic carbocycles. The van der Waals surface area contributed by atoms with Gasteiger partial charge in [0.1, 0.15) is 17.3 Å². The Balaban J connectivity index is 2.54. The molecule has 0 bridgehead atoms. The zero-order valence-electron chi connectivity index (χ0n) is 12.2. The van der Waals surface area contributed by atoms with E-state index in [2.05, 4.69) is 10.6 Å². The van der Waals surface area contributed by atoms with Crippen LogP contribution < -0.4 is 16.4 Å². The highest BCUT2D eigenvalue weighted by Crippen LogP contribution is 2.17. The number of amides is 2. The van der Waals surface area contributed by atoms with Crippen molar-refractivity contribution in [2.75, 3.05) is 12.3 Å². The summed E-state index contributed by atoms with van der Waals surface area (Å²) in [6.45, 7) is 5.57. The minimum absolute atomic E-state index is 0.0639. The highest BCUT2D eigenvalue weighted by atomic mass is 19.1. The molecular formula is C14H19F2N3O2. The van der Waals surface area contributed by atoms with Crippen LogP contribution in [0.25, 0.3) is 0 Å². The van der Waals surface area contributed by atoms with Crippen LogP contribution in [0.4, 0.5) is 14.5 Å². The Morgan fingerprint density at radius 2 is 1.71 bits per heavy atom. The van der Waals surface area contributed by atoms with E-state index in [0.717, 1.165) is 12.1 Å². The first-order valence-corrected chi connectivity index (χ1v) is 6.44. The van der Waals surface area contributed by atoms with Crippen LogP contribution in [0.2, 0.25) is 0 Å². The molecule has 0 unspecified atom stereocenters. The summed E-state index contributed by atoms with van der Waals surface area (Å²) in [6, 6.07) is 1.70. The summed E-state index contributed by atoms with van der Waals surface area (Å²) in [5.41, 5.74) is 3.94. The maximum atomic E-state index is 13.2. The van der Waals surface area contributed by atoms with E-state index in [-0.39, 0.29) is 30.0 Å². The zero-order chi connectivity index (χ0) is 16.2. The van der Waals surface area contributed by atoms with Crippen LogP contribution in [-0.4, -0.2) is 23.9 Å². The molecule has 21 heavy (non-hydrogen) atoms. The van der Waals surface area contributed by atoms with Gasteiger partial charge in [-0.25, -0.2) is 8.78 Å². The van der Waals surface area contributed by atoms with Gasteiger partial charge in [0.25, 0.3) is 5.91 Å². The summed E-state index contributed by atoms with van der Waals surface area (Å²) in [7, 11) is 0. The van der Waals surface area contributed by atoms with Gasteiger partial charge in [0.2, 0.25) is 5.91 Å². The molecule has 0 aromatic heterocycles. The second-order valence-corrected chi connectivity index (χ2v) is 5.66. The maximum Gasteiger partial charge on any atom is 0.251 e. The van der Waals surface area contributed by atoms with E-state index in [9.17, 15) is 18.4 Å². The van der Waals surface area contributed by atoms with E-state index < -0.39 is 23.2 Å². The van der Waals surface area contributed by atoms with E-state index in [1.165, 1.54) is 0 Å². The molecule has 0 atom stereocenters. The molecule has 4 N–H and O–H groups in total. The maximum absolute atomic E-state index is 13.2. The van der Waals surface area contributed by atoms with Crippen LogP contribution in [0.1, 0.15) is 37.6 Å². The number of nitrogens with one attached hydrogen (secondary N) is 2. The normalized spacial score (nSPS) is 11.1. The molecule has 0 aliphatic rings. The highest BCUT2D eigenvalue weighted by Gasteiger charge is 2.15. The Morgan fingerprint density at radius 1 is 1.19 bits per heavy atom. The van der Waals surface area contributed by atoms with Crippen molar-refractivity contribution in [3.63, 3.8) is 0 Å². The molecule has 0 heterocycles. The quantitative estimate of drug-likeness (QED) is 0.738. The molecule has 0 saturated carbocycles. The molecule has 5 nitrogen and oxygen atoms in total. The van der Waals surface area contributed by atoms with Gasteiger partial charge in [0, 0.05) is 24.1 Å². The molecular weight excluding hydrogens is 280 g/mol. The second-order valence-electron chi connectivity index (χ2n) is 5.66. The number of nitrogen functional groups attached to an aromatic ring is 1. The number of halogens is 2. The predicted octanol–water partition coefficient (Wildman–Crippen LogP) is 1.58. The summed E-state index contributed by atoms with van der Waals surface area (Å²) in [5, 5.41) is 5.15.